The molecule has 0 radical (unpaired) electrons. The number of benzene rings is 2. The largest absolute Gasteiger partial charge is 0.496 e. The minimum Gasteiger partial charge on any atom is -0.496 e. The van der Waals surface area contributed by atoms with Crippen LogP contribution in [0, 0.1) is 0 Å². The van der Waals surface area contributed by atoms with Gasteiger partial charge in [-0.25, -0.2) is 0 Å². The van der Waals surface area contributed by atoms with Crippen LogP contribution in [0.1, 0.15) is 31.1 Å². The van der Waals surface area contributed by atoms with Gasteiger partial charge < -0.3 is 4.74 Å². The van der Waals surface area contributed by atoms with E-state index in [0.29, 0.717) is 5.56 Å². The molecule has 2 rings (SSSR count). The number of carbonyl (C=O) groups excluding carboxylic acids is 1. The predicted octanol–water partition coefficient (Wildman–Crippen LogP) is 4.08. The Kier molecular flexibility index (Phi) is 4.70. The fourth-order valence-electron chi connectivity index (χ4n) is 1.64. The molecule has 0 saturated carbocycles. The standard InChI is InChI=1S/C13H12O2.C2H6/c1-9(14)11-7-6-10-4-3-5-13(15-2)12(10)8-11;1-2/h3-8H,1-2H3;1-2H3. The summed E-state index contributed by atoms with van der Waals surface area (Å²) < 4.78 is 5.25. The quantitative estimate of drug-likeness (QED) is 0.727. The molecule has 90 valence electrons. The van der Waals surface area contributed by atoms with Gasteiger partial charge in [0.05, 0.1) is 7.11 Å². The lowest BCUT2D eigenvalue weighted by atomic mass is 10.0. The second kappa shape index (κ2) is 6.04. The second-order valence-electron chi connectivity index (χ2n) is 3.45. The molecule has 0 saturated heterocycles. The number of hydrogen-bond donors (Lipinski definition) is 0. The Morgan fingerprint density at radius 2 is 1.82 bits per heavy atom. The number of rotatable bonds is 2. The normalized spacial score (nSPS) is 9.41. The van der Waals surface area contributed by atoms with Crippen molar-refractivity contribution >= 4 is 16.6 Å². The SMILES string of the molecule is CC.COc1cccc2ccc(C(C)=O)cc12. The molecular formula is C15H18O2. The highest BCUT2D eigenvalue weighted by Gasteiger charge is 2.04. The van der Waals surface area contributed by atoms with Crippen molar-refractivity contribution in [3.63, 3.8) is 0 Å². The first-order chi connectivity index (χ1) is 8.22. The van der Waals surface area contributed by atoms with E-state index in [2.05, 4.69) is 0 Å². The first kappa shape index (κ1) is 13.2. The fraction of sp³-hybridized carbons (Fsp3) is 0.267. The summed E-state index contributed by atoms with van der Waals surface area (Å²) in [7, 11) is 1.63. The van der Waals surface area contributed by atoms with E-state index in [9.17, 15) is 4.79 Å². The van der Waals surface area contributed by atoms with Gasteiger partial charge in [-0.2, -0.15) is 0 Å². The molecule has 0 aliphatic rings. The molecule has 0 bridgehead atoms. The maximum absolute atomic E-state index is 11.2. The van der Waals surface area contributed by atoms with Crippen LogP contribution in [-0.4, -0.2) is 12.9 Å². The fourth-order valence-corrected chi connectivity index (χ4v) is 1.64. The van der Waals surface area contributed by atoms with Crippen LogP contribution in [0.15, 0.2) is 36.4 Å². The first-order valence-corrected chi connectivity index (χ1v) is 5.80. The van der Waals surface area contributed by atoms with E-state index >= 15 is 0 Å². The minimum atomic E-state index is 0.0720. The molecule has 2 aromatic carbocycles. The zero-order chi connectivity index (χ0) is 12.8. The topological polar surface area (TPSA) is 26.3 Å². The van der Waals surface area contributed by atoms with Crippen molar-refractivity contribution in [1.82, 2.24) is 0 Å². The third-order valence-corrected chi connectivity index (χ3v) is 2.47. The van der Waals surface area contributed by atoms with Crippen LogP contribution < -0.4 is 4.74 Å². The van der Waals surface area contributed by atoms with Crippen molar-refractivity contribution in [2.45, 2.75) is 20.8 Å². The maximum atomic E-state index is 11.2. The van der Waals surface area contributed by atoms with Gasteiger partial charge in [0.1, 0.15) is 5.75 Å². The van der Waals surface area contributed by atoms with E-state index in [0.717, 1.165) is 16.5 Å². The van der Waals surface area contributed by atoms with Crippen LogP contribution in [0.2, 0.25) is 0 Å². The van der Waals surface area contributed by atoms with Gasteiger partial charge in [-0.15, -0.1) is 0 Å². The van der Waals surface area contributed by atoms with Crippen LogP contribution in [0.5, 0.6) is 5.75 Å². The number of Topliss-reactive ketones (excluding diaryl/α,β-unsaturated/α-hetero) is 1. The summed E-state index contributed by atoms with van der Waals surface area (Å²) >= 11 is 0. The molecular weight excluding hydrogens is 212 g/mol. The van der Waals surface area contributed by atoms with E-state index in [1.54, 1.807) is 14.0 Å². The Hall–Kier alpha value is -1.83. The van der Waals surface area contributed by atoms with E-state index in [4.69, 9.17) is 4.74 Å². The molecule has 2 nitrogen and oxygen atoms in total. The number of hydrogen-bond acceptors (Lipinski definition) is 2. The molecule has 0 aliphatic heterocycles. The number of methoxy groups -OCH3 is 1. The average Bonchev–Trinajstić information content (AvgIpc) is 2.39. The zero-order valence-electron chi connectivity index (χ0n) is 10.8. The van der Waals surface area contributed by atoms with Gasteiger partial charge in [-0.1, -0.05) is 38.1 Å². The molecule has 0 aliphatic carbocycles. The number of ether oxygens (including phenoxy) is 1. The van der Waals surface area contributed by atoms with E-state index < -0.39 is 0 Å². The number of carbonyl (C=O) groups is 1. The Bertz CT molecular complexity index is 515. The molecule has 0 aromatic heterocycles. The molecule has 0 atom stereocenters. The molecule has 2 aromatic rings. The number of ketones is 1. The highest BCUT2D eigenvalue weighted by molar-refractivity contribution is 6.00. The van der Waals surface area contributed by atoms with Gasteiger partial charge in [0, 0.05) is 10.9 Å². The molecule has 2 heteroatoms. The van der Waals surface area contributed by atoms with Crippen molar-refractivity contribution in [3.05, 3.63) is 42.0 Å². The smallest absolute Gasteiger partial charge is 0.159 e. The molecule has 0 spiro atoms. The summed E-state index contributed by atoms with van der Waals surface area (Å²) in [4.78, 5) is 11.2. The van der Waals surface area contributed by atoms with Crippen molar-refractivity contribution in [2.24, 2.45) is 0 Å². The summed E-state index contributed by atoms with van der Waals surface area (Å²) in [6, 6.07) is 11.5. The lowest BCUT2D eigenvalue weighted by Gasteiger charge is -2.06. The van der Waals surface area contributed by atoms with Crippen molar-refractivity contribution in [1.29, 1.82) is 0 Å². The molecule has 0 amide bonds. The van der Waals surface area contributed by atoms with Gasteiger partial charge >= 0.3 is 0 Å². The highest BCUT2D eigenvalue weighted by Crippen LogP contribution is 2.26. The van der Waals surface area contributed by atoms with Crippen molar-refractivity contribution in [2.75, 3.05) is 7.11 Å². The summed E-state index contributed by atoms with van der Waals surface area (Å²) in [6.45, 7) is 5.57. The molecule has 0 N–H and O–H groups in total. The second-order valence-corrected chi connectivity index (χ2v) is 3.45. The Morgan fingerprint density at radius 1 is 1.12 bits per heavy atom. The average molecular weight is 230 g/mol. The van der Waals surface area contributed by atoms with Gasteiger partial charge in [0.15, 0.2) is 5.78 Å². The lowest BCUT2D eigenvalue weighted by Crippen LogP contribution is -1.92. The molecule has 0 heterocycles. The monoisotopic (exact) mass is 230 g/mol. The van der Waals surface area contributed by atoms with Crippen molar-refractivity contribution < 1.29 is 9.53 Å². The third-order valence-electron chi connectivity index (χ3n) is 2.47. The van der Waals surface area contributed by atoms with Gasteiger partial charge in [-0.3, -0.25) is 4.79 Å². The minimum absolute atomic E-state index is 0.0720. The summed E-state index contributed by atoms with van der Waals surface area (Å²) in [5, 5.41) is 2.06. The lowest BCUT2D eigenvalue weighted by molar-refractivity contribution is 0.101. The predicted molar refractivity (Wildman–Crippen MR) is 71.9 cm³/mol. The molecule has 0 fully saturated rings. The van der Waals surface area contributed by atoms with Gasteiger partial charge in [0.2, 0.25) is 0 Å². The summed E-state index contributed by atoms with van der Waals surface area (Å²) in [6.07, 6.45) is 0. The maximum Gasteiger partial charge on any atom is 0.159 e. The van der Waals surface area contributed by atoms with Crippen molar-refractivity contribution in [3.8, 4) is 5.75 Å². The van der Waals surface area contributed by atoms with Crippen LogP contribution in [0.3, 0.4) is 0 Å². The van der Waals surface area contributed by atoms with Crippen LogP contribution in [-0.2, 0) is 0 Å². The highest BCUT2D eigenvalue weighted by atomic mass is 16.5. The Balaban J connectivity index is 0.000000686. The van der Waals surface area contributed by atoms with E-state index in [1.807, 2.05) is 50.2 Å². The summed E-state index contributed by atoms with van der Waals surface area (Å²) in [5.41, 5.74) is 0.715. The third kappa shape index (κ3) is 2.84. The molecule has 0 unspecified atom stereocenters. The Labute approximate surface area is 102 Å². The van der Waals surface area contributed by atoms with E-state index in [-0.39, 0.29) is 5.78 Å². The van der Waals surface area contributed by atoms with Crippen LogP contribution in [0.4, 0.5) is 0 Å². The molecule has 17 heavy (non-hydrogen) atoms. The Morgan fingerprint density at radius 3 is 2.41 bits per heavy atom. The van der Waals surface area contributed by atoms with E-state index in [1.165, 1.54) is 0 Å². The van der Waals surface area contributed by atoms with Crippen LogP contribution in [0.25, 0.3) is 10.8 Å². The summed E-state index contributed by atoms with van der Waals surface area (Å²) in [5.74, 6) is 0.874. The van der Waals surface area contributed by atoms with Gasteiger partial charge in [0.25, 0.3) is 0 Å². The zero-order valence-corrected chi connectivity index (χ0v) is 10.8. The van der Waals surface area contributed by atoms with Gasteiger partial charge in [-0.05, 0) is 24.4 Å². The van der Waals surface area contributed by atoms with Crippen LogP contribution >= 0.6 is 0 Å². The first-order valence-electron chi connectivity index (χ1n) is 5.80. The number of fused-ring (bicyclic) bond motifs is 1.